The number of rotatable bonds is 2. The number of ether oxygens (including phenoxy) is 1. The number of nitrogens with zero attached hydrogens (tertiary/aromatic N) is 3. The number of piperidine rings is 1. The third-order valence-corrected chi connectivity index (χ3v) is 7.32. The van der Waals surface area contributed by atoms with Crippen LogP contribution in [0.25, 0.3) is 10.8 Å². The van der Waals surface area contributed by atoms with E-state index in [1.807, 2.05) is 0 Å². The fraction of sp³-hybridized carbons (Fsp3) is 0.370. The Hall–Kier alpha value is -2.85. The van der Waals surface area contributed by atoms with Gasteiger partial charge in [-0.3, -0.25) is 0 Å². The summed E-state index contributed by atoms with van der Waals surface area (Å²) in [6.07, 6.45) is 2.87. The molecule has 4 heteroatoms. The normalized spacial score (nSPS) is 22.4. The Morgan fingerprint density at radius 1 is 0.935 bits per heavy atom. The highest BCUT2D eigenvalue weighted by atomic mass is 16.5. The number of para-hydroxylation sites is 1. The Balaban J connectivity index is 1.44. The molecular weight excluding hydrogens is 382 g/mol. The molecule has 4 nitrogen and oxygen atoms in total. The Morgan fingerprint density at radius 3 is 2.52 bits per heavy atom. The zero-order valence-electron chi connectivity index (χ0n) is 18.3. The quantitative estimate of drug-likeness (QED) is 0.551. The number of fused-ring (bicyclic) bond motifs is 5. The first-order chi connectivity index (χ1) is 15.1. The highest BCUT2D eigenvalue weighted by molar-refractivity contribution is 6.11. The second kappa shape index (κ2) is 7.10. The molecule has 31 heavy (non-hydrogen) atoms. The molecule has 0 amide bonds. The van der Waals surface area contributed by atoms with E-state index in [9.17, 15) is 0 Å². The van der Waals surface area contributed by atoms with Gasteiger partial charge in [-0.2, -0.15) is 5.10 Å². The van der Waals surface area contributed by atoms with Gasteiger partial charge in [-0.1, -0.05) is 60.7 Å². The van der Waals surface area contributed by atoms with E-state index >= 15 is 0 Å². The first-order valence-corrected chi connectivity index (χ1v) is 11.5. The molecule has 3 aliphatic rings. The second-order valence-corrected chi connectivity index (χ2v) is 9.35. The van der Waals surface area contributed by atoms with Crippen LogP contribution in [-0.2, 0) is 0 Å². The maximum absolute atomic E-state index is 6.77. The van der Waals surface area contributed by atoms with E-state index < -0.39 is 0 Å². The average Bonchev–Trinajstić information content (AvgIpc) is 3.26. The fourth-order valence-electron chi connectivity index (χ4n) is 5.59. The number of likely N-dealkylation sites (tertiary alicyclic amines) is 1. The lowest BCUT2D eigenvalue weighted by Gasteiger charge is -2.51. The predicted molar refractivity (Wildman–Crippen MR) is 125 cm³/mol. The van der Waals surface area contributed by atoms with Crippen LogP contribution in [0.5, 0.6) is 5.75 Å². The van der Waals surface area contributed by atoms with Gasteiger partial charge in [-0.25, -0.2) is 5.01 Å². The van der Waals surface area contributed by atoms with Crippen LogP contribution >= 0.6 is 0 Å². The van der Waals surface area contributed by atoms with Crippen molar-refractivity contribution in [1.82, 2.24) is 9.91 Å². The van der Waals surface area contributed by atoms with Gasteiger partial charge in [-0.05, 0) is 30.7 Å². The predicted octanol–water partition coefficient (Wildman–Crippen LogP) is 5.58. The largest absolute Gasteiger partial charge is 0.466 e. The molecule has 3 aromatic rings. The van der Waals surface area contributed by atoms with E-state index in [1.165, 1.54) is 27.6 Å². The lowest BCUT2D eigenvalue weighted by molar-refractivity contribution is -0.152. The second-order valence-electron chi connectivity index (χ2n) is 9.35. The van der Waals surface area contributed by atoms with Gasteiger partial charge in [0.1, 0.15) is 5.75 Å². The molecule has 3 heterocycles. The molecule has 3 aliphatic heterocycles. The first-order valence-electron chi connectivity index (χ1n) is 11.5. The average molecular weight is 412 g/mol. The summed E-state index contributed by atoms with van der Waals surface area (Å²) in [6.45, 7) is 6.65. The first kappa shape index (κ1) is 18.9. The molecule has 1 saturated heterocycles. The highest BCUT2D eigenvalue weighted by Gasteiger charge is 2.51. The summed E-state index contributed by atoms with van der Waals surface area (Å²) in [5.74, 6) is 1.04. The number of hydrogen-bond donors (Lipinski definition) is 0. The van der Waals surface area contributed by atoms with Crippen LogP contribution in [0.2, 0.25) is 0 Å². The summed E-state index contributed by atoms with van der Waals surface area (Å²) in [7, 11) is 0. The smallest absolute Gasteiger partial charge is 0.200 e. The molecule has 1 fully saturated rings. The van der Waals surface area contributed by atoms with Crippen molar-refractivity contribution in [3.05, 3.63) is 77.9 Å². The molecule has 1 spiro atoms. The number of hydrazone groups is 1. The Bertz CT molecular complexity index is 1150. The molecule has 0 unspecified atom stereocenters. The minimum absolute atomic E-state index is 0.240. The summed E-state index contributed by atoms with van der Waals surface area (Å²) in [5, 5.41) is 10.2. The van der Waals surface area contributed by atoms with Crippen LogP contribution in [0, 0.1) is 0 Å². The maximum Gasteiger partial charge on any atom is 0.200 e. The maximum atomic E-state index is 6.77. The van der Waals surface area contributed by atoms with E-state index in [2.05, 4.69) is 90.5 Å². The van der Waals surface area contributed by atoms with Gasteiger partial charge in [0.2, 0.25) is 5.72 Å². The molecule has 1 atom stereocenters. The van der Waals surface area contributed by atoms with Crippen LogP contribution < -0.4 is 4.74 Å². The number of hydrogen-bond acceptors (Lipinski definition) is 4. The summed E-state index contributed by atoms with van der Waals surface area (Å²) in [4.78, 5) is 2.55. The molecule has 0 saturated carbocycles. The van der Waals surface area contributed by atoms with E-state index in [-0.39, 0.29) is 11.8 Å². The molecule has 0 aliphatic carbocycles. The third kappa shape index (κ3) is 2.96. The monoisotopic (exact) mass is 411 g/mol. The van der Waals surface area contributed by atoms with E-state index in [0.29, 0.717) is 6.04 Å². The van der Waals surface area contributed by atoms with Crippen molar-refractivity contribution in [2.24, 2.45) is 5.10 Å². The van der Waals surface area contributed by atoms with Gasteiger partial charge in [-0.15, -0.1) is 0 Å². The van der Waals surface area contributed by atoms with Gasteiger partial charge < -0.3 is 9.64 Å². The van der Waals surface area contributed by atoms with Crippen molar-refractivity contribution in [3.63, 3.8) is 0 Å². The summed E-state index contributed by atoms with van der Waals surface area (Å²) in [5.41, 5.74) is 3.34. The van der Waals surface area contributed by atoms with Crippen LogP contribution in [0.1, 0.15) is 50.3 Å². The van der Waals surface area contributed by atoms with Crippen molar-refractivity contribution < 1.29 is 4.74 Å². The zero-order chi connectivity index (χ0) is 21.0. The van der Waals surface area contributed by atoms with E-state index in [1.54, 1.807) is 0 Å². The number of benzene rings is 3. The van der Waals surface area contributed by atoms with Crippen molar-refractivity contribution in [2.75, 3.05) is 13.1 Å². The van der Waals surface area contributed by atoms with E-state index in [0.717, 1.165) is 38.1 Å². The topological polar surface area (TPSA) is 28.1 Å². The van der Waals surface area contributed by atoms with Gasteiger partial charge >= 0.3 is 0 Å². The van der Waals surface area contributed by atoms with Crippen LogP contribution in [-0.4, -0.2) is 40.5 Å². The van der Waals surface area contributed by atoms with Crippen LogP contribution in [0.4, 0.5) is 0 Å². The molecule has 0 bridgehead atoms. The molecule has 0 N–H and O–H groups in total. The molecular formula is C27H29N3O. The third-order valence-electron chi connectivity index (χ3n) is 7.32. The zero-order valence-corrected chi connectivity index (χ0v) is 18.3. The fourth-order valence-corrected chi connectivity index (χ4v) is 5.59. The Morgan fingerprint density at radius 2 is 1.68 bits per heavy atom. The van der Waals surface area contributed by atoms with Crippen LogP contribution in [0.3, 0.4) is 0 Å². The SMILES string of the molecule is CC(C)N1CCC2(CC1)Oc1ccccc1[C@@H]1CC(c3cccc4ccccc34)=NN12. The Labute approximate surface area is 184 Å². The van der Waals surface area contributed by atoms with Crippen LogP contribution in [0.15, 0.2) is 71.8 Å². The van der Waals surface area contributed by atoms with Crippen molar-refractivity contribution in [1.29, 1.82) is 0 Å². The van der Waals surface area contributed by atoms with Gasteiger partial charge in [0.05, 0.1) is 11.8 Å². The molecule has 6 rings (SSSR count). The Kier molecular flexibility index (Phi) is 4.32. The molecule has 0 radical (unpaired) electrons. The minimum atomic E-state index is -0.350. The highest BCUT2D eigenvalue weighted by Crippen LogP contribution is 2.50. The summed E-state index contributed by atoms with van der Waals surface area (Å²) >= 11 is 0. The summed E-state index contributed by atoms with van der Waals surface area (Å²) in [6, 6.07) is 24.6. The van der Waals surface area contributed by atoms with Crippen molar-refractivity contribution in [3.8, 4) is 5.75 Å². The standard InChI is InChI=1S/C27H29N3O/c1-19(2)29-16-14-27(15-17-29)30-25(23-11-5-6-13-26(23)31-27)18-24(28-30)22-12-7-9-20-8-3-4-10-21(20)22/h3-13,19,25H,14-18H2,1-2H3/t25-/m0/s1. The molecule has 158 valence electrons. The van der Waals surface area contributed by atoms with Crippen molar-refractivity contribution >= 4 is 16.5 Å². The minimum Gasteiger partial charge on any atom is -0.466 e. The van der Waals surface area contributed by atoms with Gasteiger partial charge in [0, 0.05) is 49.5 Å². The van der Waals surface area contributed by atoms with Gasteiger partial charge in [0.15, 0.2) is 0 Å². The molecule has 3 aromatic carbocycles. The van der Waals surface area contributed by atoms with Gasteiger partial charge in [0.25, 0.3) is 0 Å². The van der Waals surface area contributed by atoms with E-state index in [4.69, 9.17) is 9.84 Å². The van der Waals surface area contributed by atoms with Crippen molar-refractivity contribution in [2.45, 2.75) is 50.9 Å². The lowest BCUT2D eigenvalue weighted by atomic mass is 9.90. The summed E-state index contributed by atoms with van der Waals surface area (Å²) < 4.78 is 6.77. The molecule has 0 aromatic heterocycles. The lowest BCUT2D eigenvalue weighted by Crippen LogP contribution is -2.59.